The number of likely N-dealkylation sites (N-methyl/N-ethyl adjacent to an activating group) is 1. The van der Waals surface area contributed by atoms with Crippen LogP contribution < -0.4 is 10.5 Å². The number of nitrogens with two attached hydrogens (primary N) is 1. The van der Waals surface area contributed by atoms with E-state index in [1.807, 2.05) is 24.3 Å². The van der Waals surface area contributed by atoms with Gasteiger partial charge in [0.1, 0.15) is 24.3 Å². The Morgan fingerprint density at radius 2 is 2.10 bits per heavy atom. The van der Waals surface area contributed by atoms with Crippen molar-refractivity contribution in [2.75, 3.05) is 20.2 Å². The van der Waals surface area contributed by atoms with Crippen molar-refractivity contribution in [1.82, 2.24) is 10.1 Å². The predicted octanol–water partition coefficient (Wildman–Crippen LogP) is 1.21. The Morgan fingerprint density at radius 1 is 1.33 bits per heavy atom. The van der Waals surface area contributed by atoms with Crippen molar-refractivity contribution >= 4 is 5.91 Å². The Labute approximate surface area is 123 Å². The summed E-state index contributed by atoms with van der Waals surface area (Å²) in [5.41, 5.74) is 7.04. The van der Waals surface area contributed by atoms with Crippen LogP contribution in [0.15, 0.2) is 41.1 Å². The Kier molecular flexibility index (Phi) is 5.34. The summed E-state index contributed by atoms with van der Waals surface area (Å²) >= 11 is 0. The van der Waals surface area contributed by atoms with Crippen molar-refractivity contribution < 1.29 is 14.1 Å². The maximum atomic E-state index is 12.1. The second kappa shape index (κ2) is 7.44. The molecule has 0 aliphatic carbocycles. The van der Waals surface area contributed by atoms with Gasteiger partial charge in [0.15, 0.2) is 0 Å². The number of hydrogen-bond acceptors (Lipinski definition) is 5. The van der Waals surface area contributed by atoms with Crippen LogP contribution in [0.1, 0.15) is 11.3 Å². The molecule has 6 heteroatoms. The summed E-state index contributed by atoms with van der Waals surface area (Å²) in [6, 6.07) is 9.19. The standard InChI is InChI=1S/C15H19N3O3/c1-18(11-13-6-8-21-17-13)15(19)10-12-2-4-14(5-3-12)20-9-7-16/h2-6,8H,7,9-11,16H2,1H3. The zero-order chi connectivity index (χ0) is 15.1. The van der Waals surface area contributed by atoms with Gasteiger partial charge in [-0.1, -0.05) is 17.3 Å². The first kappa shape index (κ1) is 15.1. The van der Waals surface area contributed by atoms with Gasteiger partial charge in [-0.2, -0.15) is 0 Å². The summed E-state index contributed by atoms with van der Waals surface area (Å²) in [4.78, 5) is 13.7. The molecule has 0 aliphatic rings. The van der Waals surface area contributed by atoms with E-state index in [-0.39, 0.29) is 5.91 Å². The molecule has 2 rings (SSSR count). The van der Waals surface area contributed by atoms with Crippen LogP contribution in [0.2, 0.25) is 0 Å². The van der Waals surface area contributed by atoms with E-state index in [0.29, 0.717) is 26.1 Å². The van der Waals surface area contributed by atoms with Crippen LogP contribution in [-0.4, -0.2) is 36.2 Å². The number of rotatable bonds is 7. The van der Waals surface area contributed by atoms with Gasteiger partial charge >= 0.3 is 0 Å². The van der Waals surface area contributed by atoms with Gasteiger partial charge in [-0.3, -0.25) is 4.79 Å². The molecule has 1 aromatic carbocycles. The molecule has 0 radical (unpaired) electrons. The highest BCUT2D eigenvalue weighted by atomic mass is 16.5. The van der Waals surface area contributed by atoms with Gasteiger partial charge in [0.25, 0.3) is 0 Å². The molecule has 2 aromatic rings. The van der Waals surface area contributed by atoms with Crippen LogP contribution in [0, 0.1) is 0 Å². The first-order chi connectivity index (χ1) is 10.2. The molecular formula is C15H19N3O3. The van der Waals surface area contributed by atoms with Gasteiger partial charge in [-0.25, -0.2) is 0 Å². The SMILES string of the molecule is CN(Cc1ccon1)C(=O)Cc1ccc(OCCN)cc1. The summed E-state index contributed by atoms with van der Waals surface area (Å²) in [6.45, 7) is 1.40. The van der Waals surface area contributed by atoms with Gasteiger partial charge in [-0.15, -0.1) is 0 Å². The van der Waals surface area contributed by atoms with Crippen LogP contribution in [0.3, 0.4) is 0 Å². The number of hydrogen-bond donors (Lipinski definition) is 1. The second-order valence-electron chi connectivity index (χ2n) is 4.70. The molecule has 1 heterocycles. The Hall–Kier alpha value is -2.34. The number of aromatic nitrogens is 1. The zero-order valence-corrected chi connectivity index (χ0v) is 12.0. The number of nitrogens with zero attached hydrogens (tertiary/aromatic N) is 2. The monoisotopic (exact) mass is 289 g/mol. The van der Waals surface area contributed by atoms with Gasteiger partial charge < -0.3 is 19.9 Å². The van der Waals surface area contributed by atoms with Crippen LogP contribution in [0.25, 0.3) is 0 Å². The Morgan fingerprint density at radius 3 is 2.71 bits per heavy atom. The summed E-state index contributed by atoms with van der Waals surface area (Å²) < 4.78 is 10.1. The summed E-state index contributed by atoms with van der Waals surface area (Å²) in [5.74, 6) is 0.779. The van der Waals surface area contributed by atoms with Gasteiger partial charge in [0.05, 0.1) is 13.0 Å². The molecule has 0 saturated heterocycles. The van der Waals surface area contributed by atoms with Crippen molar-refractivity contribution in [1.29, 1.82) is 0 Å². The largest absolute Gasteiger partial charge is 0.492 e. The maximum Gasteiger partial charge on any atom is 0.227 e. The lowest BCUT2D eigenvalue weighted by atomic mass is 10.1. The third kappa shape index (κ3) is 4.61. The van der Waals surface area contributed by atoms with Crippen LogP contribution in [0.5, 0.6) is 5.75 Å². The highest BCUT2D eigenvalue weighted by molar-refractivity contribution is 5.78. The molecule has 1 amide bonds. The van der Waals surface area contributed by atoms with Crippen molar-refractivity contribution in [3.8, 4) is 5.75 Å². The van der Waals surface area contributed by atoms with Crippen molar-refractivity contribution in [2.24, 2.45) is 5.73 Å². The topological polar surface area (TPSA) is 81.6 Å². The molecule has 6 nitrogen and oxygen atoms in total. The molecule has 0 unspecified atom stereocenters. The van der Waals surface area contributed by atoms with Crippen LogP contribution in [0.4, 0.5) is 0 Å². The molecule has 1 aromatic heterocycles. The zero-order valence-electron chi connectivity index (χ0n) is 12.0. The molecule has 2 N–H and O–H groups in total. The fourth-order valence-electron chi connectivity index (χ4n) is 1.84. The lowest BCUT2D eigenvalue weighted by Gasteiger charge is -2.15. The highest BCUT2D eigenvalue weighted by Crippen LogP contribution is 2.13. The van der Waals surface area contributed by atoms with Gasteiger partial charge in [0.2, 0.25) is 5.91 Å². The smallest absolute Gasteiger partial charge is 0.227 e. The lowest BCUT2D eigenvalue weighted by Crippen LogP contribution is -2.27. The van der Waals surface area contributed by atoms with E-state index in [1.165, 1.54) is 6.26 Å². The second-order valence-corrected chi connectivity index (χ2v) is 4.70. The minimum Gasteiger partial charge on any atom is -0.492 e. The number of carbonyl (C=O) groups is 1. The Bertz CT molecular complexity index is 552. The minimum atomic E-state index is 0.0219. The highest BCUT2D eigenvalue weighted by Gasteiger charge is 2.11. The van der Waals surface area contributed by atoms with E-state index in [9.17, 15) is 4.79 Å². The lowest BCUT2D eigenvalue weighted by molar-refractivity contribution is -0.129. The van der Waals surface area contributed by atoms with E-state index in [4.69, 9.17) is 15.0 Å². The van der Waals surface area contributed by atoms with E-state index in [1.54, 1.807) is 18.0 Å². The average molecular weight is 289 g/mol. The van der Waals surface area contributed by atoms with Crippen molar-refractivity contribution in [3.05, 3.63) is 47.9 Å². The quantitative estimate of drug-likeness (QED) is 0.828. The normalized spacial score (nSPS) is 10.4. The molecule has 0 spiro atoms. The molecule has 21 heavy (non-hydrogen) atoms. The first-order valence-electron chi connectivity index (χ1n) is 6.74. The molecule has 0 saturated carbocycles. The third-order valence-corrected chi connectivity index (χ3v) is 2.98. The van der Waals surface area contributed by atoms with E-state index >= 15 is 0 Å². The summed E-state index contributed by atoms with van der Waals surface area (Å²) in [7, 11) is 1.75. The van der Waals surface area contributed by atoms with E-state index < -0.39 is 0 Å². The Balaban J connectivity index is 1.86. The predicted molar refractivity (Wildman–Crippen MR) is 77.7 cm³/mol. The summed E-state index contributed by atoms with van der Waals surface area (Å²) in [6.07, 6.45) is 1.83. The first-order valence-corrected chi connectivity index (χ1v) is 6.74. The summed E-state index contributed by atoms with van der Waals surface area (Å²) in [5, 5.41) is 3.79. The molecule has 112 valence electrons. The maximum absolute atomic E-state index is 12.1. The number of ether oxygens (including phenoxy) is 1. The van der Waals surface area contributed by atoms with Crippen LogP contribution >= 0.6 is 0 Å². The molecule has 0 fully saturated rings. The average Bonchev–Trinajstić information content (AvgIpc) is 2.99. The van der Waals surface area contributed by atoms with Crippen molar-refractivity contribution in [3.63, 3.8) is 0 Å². The van der Waals surface area contributed by atoms with Crippen LogP contribution in [-0.2, 0) is 17.8 Å². The minimum absolute atomic E-state index is 0.0219. The van der Waals surface area contributed by atoms with Crippen molar-refractivity contribution in [2.45, 2.75) is 13.0 Å². The molecule has 0 bridgehead atoms. The molecule has 0 aliphatic heterocycles. The molecule has 0 atom stereocenters. The third-order valence-electron chi connectivity index (χ3n) is 2.98. The number of carbonyl (C=O) groups excluding carboxylic acids is 1. The fourth-order valence-corrected chi connectivity index (χ4v) is 1.84. The van der Waals surface area contributed by atoms with E-state index in [0.717, 1.165) is 17.0 Å². The number of amides is 1. The van der Waals surface area contributed by atoms with Gasteiger partial charge in [-0.05, 0) is 17.7 Å². The van der Waals surface area contributed by atoms with E-state index in [2.05, 4.69) is 5.16 Å². The van der Waals surface area contributed by atoms with Gasteiger partial charge in [0, 0.05) is 19.7 Å². The fraction of sp³-hybridized carbons (Fsp3) is 0.333. The molecular weight excluding hydrogens is 270 g/mol. The number of benzene rings is 1.